The molecule has 1 aliphatic heterocycles. The van der Waals surface area contributed by atoms with Crippen molar-refractivity contribution in [3.63, 3.8) is 0 Å². The van der Waals surface area contributed by atoms with Crippen LogP contribution < -0.4 is 9.64 Å². The van der Waals surface area contributed by atoms with Gasteiger partial charge >= 0.3 is 0 Å². The van der Waals surface area contributed by atoms with Crippen LogP contribution in [0.2, 0.25) is 5.02 Å². The summed E-state index contributed by atoms with van der Waals surface area (Å²) < 4.78 is 10.9. The molecule has 0 amide bonds. The van der Waals surface area contributed by atoms with Crippen molar-refractivity contribution in [3.8, 4) is 5.75 Å². The van der Waals surface area contributed by atoms with Crippen molar-refractivity contribution >= 4 is 17.3 Å². The van der Waals surface area contributed by atoms with Crippen LogP contribution in [0.15, 0.2) is 28.8 Å². The van der Waals surface area contributed by atoms with Crippen LogP contribution in [0.4, 0.5) is 5.69 Å². The number of para-hydroxylation sites is 1. The molecule has 1 unspecified atom stereocenters. The summed E-state index contributed by atoms with van der Waals surface area (Å²) in [6.07, 6.45) is 0.0976. The Balaban J connectivity index is 1.92. The topological polar surface area (TPSA) is 38.5 Å². The maximum Gasteiger partial charge on any atom is 0.161 e. The fraction of sp³-hybridized carbons (Fsp3) is 0.357. The molecular formula is C14H15ClN2O2. The number of fused-ring (bicyclic) bond motifs is 1. The number of aromatic nitrogens is 1. The summed E-state index contributed by atoms with van der Waals surface area (Å²) >= 11 is 6.19. The molecule has 0 saturated heterocycles. The number of anilines is 1. The van der Waals surface area contributed by atoms with Crippen molar-refractivity contribution in [1.82, 2.24) is 5.16 Å². The van der Waals surface area contributed by atoms with E-state index in [4.69, 9.17) is 20.9 Å². The van der Waals surface area contributed by atoms with E-state index in [9.17, 15) is 0 Å². The lowest BCUT2D eigenvalue weighted by molar-refractivity contribution is 0.212. The van der Waals surface area contributed by atoms with Gasteiger partial charge in [-0.15, -0.1) is 0 Å². The van der Waals surface area contributed by atoms with Gasteiger partial charge in [0.2, 0.25) is 0 Å². The molecule has 5 heteroatoms. The van der Waals surface area contributed by atoms with Crippen molar-refractivity contribution < 1.29 is 9.26 Å². The molecule has 0 spiro atoms. The van der Waals surface area contributed by atoms with Crippen molar-refractivity contribution in [2.45, 2.75) is 26.5 Å². The van der Waals surface area contributed by atoms with Gasteiger partial charge in [-0.3, -0.25) is 0 Å². The molecule has 0 N–H and O–H groups in total. The third-order valence-electron chi connectivity index (χ3n) is 3.11. The second-order valence-corrected chi connectivity index (χ2v) is 5.23. The summed E-state index contributed by atoms with van der Waals surface area (Å²) in [4.78, 5) is 2.21. The van der Waals surface area contributed by atoms with Crippen LogP contribution >= 0.6 is 11.6 Å². The molecule has 100 valence electrons. The SMILES string of the molecule is Cc1cc(CN2CC(C)Oc3c(Cl)cccc32)no1. The number of rotatable bonds is 2. The smallest absolute Gasteiger partial charge is 0.161 e. The molecule has 2 heterocycles. The highest BCUT2D eigenvalue weighted by Crippen LogP contribution is 2.39. The summed E-state index contributed by atoms with van der Waals surface area (Å²) in [7, 11) is 0. The van der Waals surface area contributed by atoms with Crippen molar-refractivity contribution in [3.05, 3.63) is 40.7 Å². The number of ether oxygens (including phenoxy) is 1. The molecule has 1 atom stereocenters. The number of aryl methyl sites for hydroxylation is 1. The van der Waals surface area contributed by atoms with Gasteiger partial charge in [0.05, 0.1) is 23.8 Å². The highest BCUT2D eigenvalue weighted by molar-refractivity contribution is 6.32. The normalized spacial score (nSPS) is 18.1. The average molecular weight is 279 g/mol. The van der Waals surface area contributed by atoms with Crippen LogP contribution in [0, 0.1) is 6.92 Å². The van der Waals surface area contributed by atoms with Crippen LogP contribution in [0.25, 0.3) is 0 Å². The van der Waals surface area contributed by atoms with E-state index in [2.05, 4.69) is 10.1 Å². The fourth-order valence-corrected chi connectivity index (χ4v) is 2.56. The van der Waals surface area contributed by atoms with Crippen molar-refractivity contribution in [1.29, 1.82) is 0 Å². The number of hydrogen-bond donors (Lipinski definition) is 0. The minimum absolute atomic E-state index is 0.0976. The van der Waals surface area contributed by atoms with E-state index >= 15 is 0 Å². The largest absolute Gasteiger partial charge is 0.485 e. The Morgan fingerprint density at radius 2 is 2.32 bits per heavy atom. The quantitative estimate of drug-likeness (QED) is 0.844. The van der Waals surface area contributed by atoms with E-state index in [0.717, 1.165) is 29.4 Å². The molecule has 0 saturated carbocycles. The molecule has 2 aromatic rings. The first-order chi connectivity index (χ1) is 9.13. The monoisotopic (exact) mass is 278 g/mol. The Bertz CT molecular complexity index is 597. The lowest BCUT2D eigenvalue weighted by Gasteiger charge is -2.34. The van der Waals surface area contributed by atoms with Gasteiger partial charge in [0, 0.05) is 6.07 Å². The van der Waals surface area contributed by atoms with Crippen LogP contribution in [0.3, 0.4) is 0 Å². The van der Waals surface area contributed by atoms with E-state index in [0.29, 0.717) is 11.6 Å². The maximum atomic E-state index is 6.19. The zero-order chi connectivity index (χ0) is 13.4. The fourth-order valence-electron chi connectivity index (χ4n) is 2.35. The minimum atomic E-state index is 0.0976. The molecule has 0 fully saturated rings. The zero-order valence-electron chi connectivity index (χ0n) is 10.9. The second kappa shape index (κ2) is 4.78. The summed E-state index contributed by atoms with van der Waals surface area (Å²) in [6, 6.07) is 7.74. The van der Waals surface area contributed by atoms with E-state index in [1.165, 1.54) is 0 Å². The Morgan fingerprint density at radius 1 is 1.47 bits per heavy atom. The number of nitrogens with zero attached hydrogens (tertiary/aromatic N) is 2. The lowest BCUT2D eigenvalue weighted by Crippen LogP contribution is -2.38. The molecule has 0 aliphatic carbocycles. The molecule has 1 aromatic heterocycles. The van der Waals surface area contributed by atoms with Gasteiger partial charge in [-0.1, -0.05) is 22.8 Å². The van der Waals surface area contributed by atoms with E-state index in [1.54, 1.807) is 0 Å². The number of halogens is 1. The van der Waals surface area contributed by atoms with E-state index < -0.39 is 0 Å². The first-order valence-electron chi connectivity index (χ1n) is 6.26. The Labute approximate surface area is 116 Å². The third kappa shape index (κ3) is 2.40. The molecule has 19 heavy (non-hydrogen) atoms. The van der Waals surface area contributed by atoms with Crippen LogP contribution in [0.5, 0.6) is 5.75 Å². The number of benzene rings is 1. The van der Waals surface area contributed by atoms with Crippen molar-refractivity contribution in [2.75, 3.05) is 11.4 Å². The summed E-state index contributed by atoms with van der Waals surface area (Å²) in [6.45, 7) is 5.42. The Kier molecular flexibility index (Phi) is 3.11. The molecule has 4 nitrogen and oxygen atoms in total. The molecule has 3 rings (SSSR count). The van der Waals surface area contributed by atoms with Gasteiger partial charge in [0.15, 0.2) is 5.75 Å². The summed E-state index contributed by atoms with van der Waals surface area (Å²) in [5, 5.41) is 4.68. The van der Waals surface area contributed by atoms with Crippen LogP contribution in [0.1, 0.15) is 18.4 Å². The standard InChI is InChI=1S/C14H15ClN2O2/c1-9-6-11(16-19-9)8-17-7-10(2)18-14-12(15)4-3-5-13(14)17/h3-6,10H,7-8H2,1-2H3. The molecule has 1 aliphatic rings. The first kappa shape index (κ1) is 12.4. The van der Waals surface area contributed by atoms with Gasteiger partial charge in [-0.2, -0.15) is 0 Å². The Hall–Kier alpha value is -1.68. The highest BCUT2D eigenvalue weighted by atomic mass is 35.5. The van der Waals surface area contributed by atoms with Crippen LogP contribution in [-0.2, 0) is 6.54 Å². The van der Waals surface area contributed by atoms with E-state index in [-0.39, 0.29) is 6.10 Å². The average Bonchev–Trinajstić information content (AvgIpc) is 2.76. The third-order valence-corrected chi connectivity index (χ3v) is 3.41. The zero-order valence-corrected chi connectivity index (χ0v) is 11.6. The molecule has 1 aromatic carbocycles. The maximum absolute atomic E-state index is 6.19. The van der Waals surface area contributed by atoms with Crippen molar-refractivity contribution in [2.24, 2.45) is 0 Å². The molecule has 0 radical (unpaired) electrons. The highest BCUT2D eigenvalue weighted by Gasteiger charge is 2.25. The van der Waals surface area contributed by atoms with Gasteiger partial charge in [-0.05, 0) is 26.0 Å². The van der Waals surface area contributed by atoms with E-state index in [1.807, 2.05) is 38.1 Å². The van der Waals surface area contributed by atoms with Gasteiger partial charge in [0.1, 0.15) is 17.6 Å². The molecule has 0 bridgehead atoms. The predicted molar refractivity (Wildman–Crippen MR) is 73.8 cm³/mol. The summed E-state index contributed by atoms with van der Waals surface area (Å²) in [5.41, 5.74) is 1.92. The predicted octanol–water partition coefficient (Wildman–Crippen LogP) is 3.42. The second-order valence-electron chi connectivity index (χ2n) is 4.83. The van der Waals surface area contributed by atoms with Crippen LogP contribution in [-0.4, -0.2) is 17.8 Å². The minimum Gasteiger partial charge on any atom is -0.485 e. The van der Waals surface area contributed by atoms with Gasteiger partial charge in [0.25, 0.3) is 0 Å². The number of hydrogen-bond acceptors (Lipinski definition) is 4. The van der Waals surface area contributed by atoms with Gasteiger partial charge < -0.3 is 14.2 Å². The summed E-state index contributed by atoms with van der Waals surface area (Å²) in [5.74, 6) is 1.57. The molecular weight excluding hydrogens is 264 g/mol. The lowest BCUT2D eigenvalue weighted by atomic mass is 10.2. The Morgan fingerprint density at radius 3 is 3.05 bits per heavy atom. The first-order valence-corrected chi connectivity index (χ1v) is 6.63. The van der Waals surface area contributed by atoms with Gasteiger partial charge in [-0.25, -0.2) is 0 Å².